The van der Waals surface area contributed by atoms with Crippen LogP contribution in [0.2, 0.25) is 0 Å². The lowest BCUT2D eigenvalue weighted by Gasteiger charge is -2.12. The van der Waals surface area contributed by atoms with Crippen molar-refractivity contribution in [3.05, 3.63) is 53.6 Å². The number of ether oxygens (including phenoxy) is 4. The molecule has 0 saturated carbocycles. The van der Waals surface area contributed by atoms with Gasteiger partial charge in [0.15, 0.2) is 18.1 Å². The number of esters is 2. The molecular weight excluding hydrogens is 402 g/mol. The minimum Gasteiger partial charge on any atom is -0.490 e. The first-order valence-corrected chi connectivity index (χ1v) is 10.1. The molecule has 0 bridgehead atoms. The second-order valence-electron chi connectivity index (χ2n) is 6.30. The molecule has 0 heterocycles. The molecule has 0 aromatic heterocycles. The number of hydrogen-bond acceptors (Lipinski definition) is 7. The molecule has 8 heteroatoms. The van der Waals surface area contributed by atoms with E-state index in [2.05, 4.69) is 5.32 Å². The van der Waals surface area contributed by atoms with E-state index in [0.717, 1.165) is 0 Å². The first-order chi connectivity index (χ1) is 15.0. The van der Waals surface area contributed by atoms with E-state index in [9.17, 15) is 14.4 Å². The number of hydrogen-bond donors (Lipinski definition) is 1. The van der Waals surface area contributed by atoms with Gasteiger partial charge in [0.25, 0.3) is 5.91 Å². The van der Waals surface area contributed by atoms with E-state index in [-0.39, 0.29) is 24.3 Å². The van der Waals surface area contributed by atoms with Crippen LogP contribution in [0.3, 0.4) is 0 Å². The standard InChI is InChI=1S/C23H27NO7/c1-4-28-19-12-11-16(13-20(19)29-5-2)14-22(26)31-15-21(25)24-18-10-8-7-9-17(18)23(27)30-6-3/h7-13H,4-6,14-15H2,1-3H3,(H,24,25). The maximum atomic E-state index is 12.2. The Morgan fingerprint density at radius 3 is 2.26 bits per heavy atom. The summed E-state index contributed by atoms with van der Waals surface area (Å²) in [4.78, 5) is 36.3. The maximum absolute atomic E-state index is 12.2. The van der Waals surface area contributed by atoms with Crippen LogP contribution >= 0.6 is 0 Å². The fourth-order valence-electron chi connectivity index (χ4n) is 2.73. The van der Waals surface area contributed by atoms with Gasteiger partial charge in [0, 0.05) is 0 Å². The van der Waals surface area contributed by atoms with Crippen LogP contribution in [0.1, 0.15) is 36.7 Å². The smallest absolute Gasteiger partial charge is 0.340 e. The third kappa shape index (κ3) is 7.33. The minimum atomic E-state index is -0.569. The van der Waals surface area contributed by atoms with Crippen molar-refractivity contribution < 1.29 is 33.3 Å². The Morgan fingerprint density at radius 1 is 0.839 bits per heavy atom. The van der Waals surface area contributed by atoms with Crippen molar-refractivity contribution in [1.82, 2.24) is 0 Å². The quantitative estimate of drug-likeness (QED) is 0.547. The van der Waals surface area contributed by atoms with Crippen LogP contribution in [0.25, 0.3) is 0 Å². The lowest BCUT2D eigenvalue weighted by atomic mass is 10.1. The molecule has 1 N–H and O–H groups in total. The Balaban J connectivity index is 1.93. The van der Waals surface area contributed by atoms with Crippen molar-refractivity contribution in [2.45, 2.75) is 27.2 Å². The van der Waals surface area contributed by atoms with Crippen LogP contribution in [0.15, 0.2) is 42.5 Å². The molecule has 1 amide bonds. The summed E-state index contributed by atoms with van der Waals surface area (Å²) in [5.41, 5.74) is 1.18. The van der Waals surface area contributed by atoms with Crippen LogP contribution in [0.4, 0.5) is 5.69 Å². The fourth-order valence-corrected chi connectivity index (χ4v) is 2.73. The van der Waals surface area contributed by atoms with Crippen LogP contribution < -0.4 is 14.8 Å². The molecule has 0 fully saturated rings. The summed E-state index contributed by atoms with van der Waals surface area (Å²) in [6.07, 6.45) is -0.0286. The van der Waals surface area contributed by atoms with Gasteiger partial charge in [-0.2, -0.15) is 0 Å². The fraction of sp³-hybridized carbons (Fsp3) is 0.348. The third-order valence-corrected chi connectivity index (χ3v) is 4.02. The highest BCUT2D eigenvalue weighted by Gasteiger charge is 2.16. The van der Waals surface area contributed by atoms with Gasteiger partial charge in [-0.15, -0.1) is 0 Å². The molecule has 0 radical (unpaired) electrons. The number of nitrogens with one attached hydrogen (secondary N) is 1. The van der Waals surface area contributed by atoms with Crippen molar-refractivity contribution in [2.24, 2.45) is 0 Å². The van der Waals surface area contributed by atoms with Crippen LogP contribution in [0.5, 0.6) is 11.5 Å². The second-order valence-corrected chi connectivity index (χ2v) is 6.30. The van der Waals surface area contributed by atoms with Gasteiger partial charge < -0.3 is 24.3 Å². The van der Waals surface area contributed by atoms with Crippen LogP contribution in [-0.2, 0) is 25.5 Å². The van der Waals surface area contributed by atoms with Crippen molar-refractivity contribution in [3.63, 3.8) is 0 Å². The number of anilines is 1. The van der Waals surface area contributed by atoms with Gasteiger partial charge in [0.1, 0.15) is 0 Å². The predicted molar refractivity (Wildman–Crippen MR) is 114 cm³/mol. The van der Waals surface area contributed by atoms with Gasteiger partial charge >= 0.3 is 11.9 Å². The van der Waals surface area contributed by atoms with Gasteiger partial charge in [-0.1, -0.05) is 18.2 Å². The highest BCUT2D eigenvalue weighted by Crippen LogP contribution is 2.28. The van der Waals surface area contributed by atoms with E-state index in [4.69, 9.17) is 18.9 Å². The first-order valence-electron chi connectivity index (χ1n) is 10.1. The zero-order chi connectivity index (χ0) is 22.6. The number of rotatable bonds is 11. The van der Waals surface area contributed by atoms with Gasteiger partial charge in [-0.3, -0.25) is 9.59 Å². The van der Waals surface area contributed by atoms with Crippen molar-refractivity contribution in [3.8, 4) is 11.5 Å². The molecule has 0 saturated heterocycles. The summed E-state index contributed by atoms with van der Waals surface area (Å²) in [6.45, 7) is 6.12. The van der Waals surface area contributed by atoms with E-state index >= 15 is 0 Å². The van der Waals surface area contributed by atoms with Crippen LogP contribution in [0, 0.1) is 0 Å². The van der Waals surface area contributed by atoms with Crippen LogP contribution in [-0.4, -0.2) is 44.3 Å². The van der Waals surface area contributed by atoms with Gasteiger partial charge in [0.2, 0.25) is 0 Å². The first kappa shape index (κ1) is 23.7. The van der Waals surface area contributed by atoms with E-state index < -0.39 is 24.5 Å². The maximum Gasteiger partial charge on any atom is 0.340 e. The summed E-state index contributed by atoms with van der Waals surface area (Å²) < 4.78 is 21.1. The third-order valence-electron chi connectivity index (χ3n) is 4.02. The SMILES string of the molecule is CCOC(=O)c1ccccc1NC(=O)COC(=O)Cc1ccc(OCC)c(OCC)c1. The number of carbonyl (C=O) groups excluding carboxylic acids is 3. The Hall–Kier alpha value is -3.55. The zero-order valence-corrected chi connectivity index (χ0v) is 17.9. The van der Waals surface area contributed by atoms with Gasteiger partial charge in [-0.05, 0) is 50.6 Å². The number of carbonyl (C=O) groups is 3. The molecule has 0 aliphatic heterocycles. The molecular formula is C23H27NO7. The molecule has 31 heavy (non-hydrogen) atoms. The largest absolute Gasteiger partial charge is 0.490 e. The average molecular weight is 429 g/mol. The lowest BCUT2D eigenvalue weighted by Crippen LogP contribution is -2.23. The van der Waals surface area contributed by atoms with Gasteiger partial charge in [0.05, 0.1) is 37.5 Å². The lowest BCUT2D eigenvalue weighted by molar-refractivity contribution is -0.146. The molecule has 2 rings (SSSR count). The summed E-state index contributed by atoms with van der Waals surface area (Å²) in [6, 6.07) is 11.6. The number of para-hydroxylation sites is 1. The normalized spacial score (nSPS) is 10.2. The van der Waals surface area contributed by atoms with E-state index in [1.165, 1.54) is 0 Å². The van der Waals surface area contributed by atoms with Crippen molar-refractivity contribution in [2.75, 3.05) is 31.7 Å². The predicted octanol–water partition coefficient (Wildman–Crippen LogP) is 3.39. The number of benzene rings is 2. The molecule has 0 spiro atoms. The molecule has 0 aliphatic carbocycles. The molecule has 2 aromatic rings. The Morgan fingerprint density at radius 2 is 1.55 bits per heavy atom. The highest BCUT2D eigenvalue weighted by atomic mass is 16.5. The average Bonchev–Trinajstić information content (AvgIpc) is 2.75. The van der Waals surface area contributed by atoms with Crippen molar-refractivity contribution in [1.29, 1.82) is 0 Å². The second kappa shape index (κ2) is 12.2. The Kier molecular flexibility index (Phi) is 9.35. The van der Waals surface area contributed by atoms with E-state index in [1.54, 1.807) is 49.4 Å². The highest BCUT2D eigenvalue weighted by molar-refractivity contribution is 6.01. The Labute approximate surface area is 181 Å². The summed E-state index contributed by atoms with van der Waals surface area (Å²) in [5, 5.41) is 2.56. The summed E-state index contributed by atoms with van der Waals surface area (Å²) >= 11 is 0. The van der Waals surface area contributed by atoms with E-state index in [0.29, 0.717) is 30.3 Å². The Bertz CT molecular complexity index is 911. The molecule has 166 valence electrons. The van der Waals surface area contributed by atoms with Gasteiger partial charge in [-0.25, -0.2) is 4.79 Å². The molecule has 0 unspecified atom stereocenters. The summed E-state index contributed by atoms with van der Waals surface area (Å²) in [7, 11) is 0. The number of amides is 1. The van der Waals surface area contributed by atoms with E-state index in [1.807, 2.05) is 13.8 Å². The summed E-state index contributed by atoms with van der Waals surface area (Å²) in [5.74, 6) is -0.535. The topological polar surface area (TPSA) is 100 Å². The molecule has 2 aromatic carbocycles. The zero-order valence-electron chi connectivity index (χ0n) is 17.9. The minimum absolute atomic E-state index is 0.0286. The monoisotopic (exact) mass is 429 g/mol. The molecule has 0 atom stereocenters. The van der Waals surface area contributed by atoms with Crippen molar-refractivity contribution >= 4 is 23.5 Å². The molecule has 8 nitrogen and oxygen atoms in total. The molecule has 0 aliphatic rings.